The van der Waals surface area contributed by atoms with Crippen LogP contribution in [0.1, 0.15) is 18.5 Å². The van der Waals surface area contributed by atoms with Crippen molar-refractivity contribution in [1.82, 2.24) is 9.80 Å². The Balaban J connectivity index is 2.42. The van der Waals surface area contributed by atoms with Crippen LogP contribution in [0, 0.1) is 5.92 Å². The molecule has 0 spiro atoms. The minimum absolute atomic E-state index is 0.119. The monoisotopic (exact) mass is 249 g/mol. The summed E-state index contributed by atoms with van der Waals surface area (Å²) in [6.45, 7) is 5.43. The van der Waals surface area contributed by atoms with E-state index in [1.165, 1.54) is 5.56 Å². The topological polar surface area (TPSA) is 32.5 Å². The molecule has 0 amide bonds. The summed E-state index contributed by atoms with van der Waals surface area (Å²) < 4.78 is 0. The molecular weight excluding hydrogens is 222 g/mol. The molecule has 102 valence electrons. The quantitative estimate of drug-likeness (QED) is 0.800. The number of hydrogen-bond acceptors (Lipinski definition) is 3. The van der Waals surface area contributed by atoms with Crippen LogP contribution in [0.3, 0.4) is 0 Å². The Kier molecular flexibility index (Phi) is 6.33. The van der Waals surface area contributed by atoms with E-state index in [0.717, 1.165) is 19.6 Å². The van der Waals surface area contributed by atoms with Gasteiger partial charge in [-0.25, -0.2) is 0 Å². The standard InChI is InChI=1S/C15H27N3/c1-13(12-18(4)11-10-17(2)3)15(16)14-8-6-5-7-9-14/h5-9,13,15H,10-12,16H2,1-4H3/t13-,15+/m0/s1. The molecule has 0 bridgehead atoms. The van der Waals surface area contributed by atoms with E-state index in [9.17, 15) is 0 Å². The van der Waals surface area contributed by atoms with Gasteiger partial charge in [-0.15, -0.1) is 0 Å². The Morgan fingerprint density at radius 1 is 1.06 bits per heavy atom. The number of nitrogens with two attached hydrogens (primary N) is 1. The Hall–Kier alpha value is -0.900. The largest absolute Gasteiger partial charge is 0.324 e. The summed E-state index contributed by atoms with van der Waals surface area (Å²) in [5.74, 6) is 0.458. The van der Waals surface area contributed by atoms with Crippen LogP contribution in [-0.4, -0.2) is 50.6 Å². The fourth-order valence-corrected chi connectivity index (χ4v) is 2.07. The smallest absolute Gasteiger partial charge is 0.0333 e. The van der Waals surface area contributed by atoms with Crippen molar-refractivity contribution >= 4 is 0 Å². The third-order valence-corrected chi connectivity index (χ3v) is 3.33. The summed E-state index contributed by atoms with van der Waals surface area (Å²) in [6.07, 6.45) is 0. The van der Waals surface area contributed by atoms with E-state index in [-0.39, 0.29) is 6.04 Å². The second-order valence-electron chi connectivity index (χ2n) is 5.48. The number of benzene rings is 1. The first-order valence-electron chi connectivity index (χ1n) is 6.64. The Morgan fingerprint density at radius 3 is 2.22 bits per heavy atom. The second kappa shape index (κ2) is 7.52. The maximum Gasteiger partial charge on any atom is 0.0333 e. The van der Waals surface area contributed by atoms with Crippen LogP contribution in [0.4, 0.5) is 0 Å². The first-order valence-corrected chi connectivity index (χ1v) is 6.64. The van der Waals surface area contributed by atoms with Crippen molar-refractivity contribution in [2.75, 3.05) is 40.8 Å². The molecule has 1 rings (SSSR count). The lowest BCUT2D eigenvalue weighted by atomic mass is 9.95. The van der Waals surface area contributed by atoms with Gasteiger partial charge in [0.25, 0.3) is 0 Å². The lowest BCUT2D eigenvalue weighted by Gasteiger charge is -2.26. The Labute approximate surface area is 112 Å². The van der Waals surface area contributed by atoms with E-state index in [4.69, 9.17) is 5.73 Å². The normalized spacial score (nSPS) is 15.1. The highest BCUT2D eigenvalue weighted by molar-refractivity contribution is 5.19. The highest BCUT2D eigenvalue weighted by Gasteiger charge is 2.16. The molecule has 0 aliphatic rings. The summed E-state index contributed by atoms with van der Waals surface area (Å²) in [7, 11) is 6.37. The maximum atomic E-state index is 6.31. The lowest BCUT2D eigenvalue weighted by molar-refractivity contribution is 0.238. The van der Waals surface area contributed by atoms with E-state index in [0.29, 0.717) is 5.92 Å². The molecule has 0 unspecified atom stereocenters. The molecule has 1 aromatic carbocycles. The van der Waals surface area contributed by atoms with Gasteiger partial charge in [0.2, 0.25) is 0 Å². The average Bonchev–Trinajstić information content (AvgIpc) is 2.36. The van der Waals surface area contributed by atoms with Crippen molar-refractivity contribution < 1.29 is 0 Å². The summed E-state index contributed by atoms with van der Waals surface area (Å²) >= 11 is 0. The van der Waals surface area contributed by atoms with Crippen molar-refractivity contribution in [2.24, 2.45) is 11.7 Å². The zero-order valence-electron chi connectivity index (χ0n) is 12.1. The SMILES string of the molecule is C[C@@H](CN(C)CCN(C)C)[C@@H](N)c1ccccc1. The lowest BCUT2D eigenvalue weighted by Crippen LogP contribution is -2.35. The van der Waals surface area contributed by atoms with Gasteiger partial charge in [0.15, 0.2) is 0 Å². The molecule has 0 saturated heterocycles. The summed E-state index contributed by atoms with van der Waals surface area (Å²) in [4.78, 5) is 4.56. The number of nitrogens with zero attached hydrogens (tertiary/aromatic N) is 2. The van der Waals surface area contributed by atoms with Crippen molar-refractivity contribution in [3.63, 3.8) is 0 Å². The molecule has 2 N–H and O–H groups in total. The zero-order chi connectivity index (χ0) is 13.5. The molecule has 0 aromatic heterocycles. The highest BCUT2D eigenvalue weighted by Crippen LogP contribution is 2.19. The van der Waals surface area contributed by atoms with Gasteiger partial charge in [-0.2, -0.15) is 0 Å². The van der Waals surface area contributed by atoms with Crippen LogP contribution in [0.15, 0.2) is 30.3 Å². The van der Waals surface area contributed by atoms with Gasteiger partial charge in [-0.3, -0.25) is 0 Å². The van der Waals surface area contributed by atoms with E-state index >= 15 is 0 Å². The van der Waals surface area contributed by atoms with Crippen LogP contribution < -0.4 is 5.73 Å². The minimum Gasteiger partial charge on any atom is -0.324 e. The predicted molar refractivity (Wildman–Crippen MR) is 78.6 cm³/mol. The van der Waals surface area contributed by atoms with Crippen LogP contribution in [-0.2, 0) is 0 Å². The molecule has 0 heterocycles. The second-order valence-corrected chi connectivity index (χ2v) is 5.48. The van der Waals surface area contributed by atoms with Gasteiger partial charge in [0, 0.05) is 25.7 Å². The molecule has 0 aliphatic heterocycles. The van der Waals surface area contributed by atoms with E-state index in [1.54, 1.807) is 0 Å². The molecule has 3 heteroatoms. The number of likely N-dealkylation sites (N-methyl/N-ethyl adjacent to an activating group) is 2. The maximum absolute atomic E-state index is 6.31. The third kappa shape index (κ3) is 5.17. The van der Waals surface area contributed by atoms with E-state index in [2.05, 4.69) is 62.1 Å². The zero-order valence-corrected chi connectivity index (χ0v) is 12.1. The molecule has 0 saturated carbocycles. The number of rotatable bonds is 7. The van der Waals surface area contributed by atoms with Gasteiger partial charge >= 0.3 is 0 Å². The Morgan fingerprint density at radius 2 is 1.67 bits per heavy atom. The molecule has 0 radical (unpaired) electrons. The molecule has 0 fully saturated rings. The molecule has 18 heavy (non-hydrogen) atoms. The van der Waals surface area contributed by atoms with E-state index in [1.807, 2.05) is 6.07 Å². The summed E-state index contributed by atoms with van der Waals surface area (Å²) in [5, 5.41) is 0. The van der Waals surface area contributed by atoms with Crippen LogP contribution in [0.25, 0.3) is 0 Å². The van der Waals surface area contributed by atoms with Gasteiger partial charge in [0.05, 0.1) is 0 Å². The summed E-state index contributed by atoms with van der Waals surface area (Å²) in [6, 6.07) is 10.5. The summed E-state index contributed by atoms with van der Waals surface area (Å²) in [5.41, 5.74) is 7.53. The van der Waals surface area contributed by atoms with Gasteiger partial charge in [-0.1, -0.05) is 37.3 Å². The Bertz CT molecular complexity index is 324. The molecule has 2 atom stereocenters. The first kappa shape index (κ1) is 15.2. The first-order chi connectivity index (χ1) is 8.50. The minimum atomic E-state index is 0.119. The van der Waals surface area contributed by atoms with Gasteiger partial charge in [-0.05, 0) is 32.6 Å². The van der Waals surface area contributed by atoms with Crippen LogP contribution >= 0.6 is 0 Å². The fourth-order valence-electron chi connectivity index (χ4n) is 2.07. The van der Waals surface area contributed by atoms with Crippen molar-refractivity contribution in [2.45, 2.75) is 13.0 Å². The molecule has 0 aliphatic carbocycles. The van der Waals surface area contributed by atoms with Crippen LogP contribution in [0.2, 0.25) is 0 Å². The van der Waals surface area contributed by atoms with Gasteiger partial charge < -0.3 is 15.5 Å². The van der Waals surface area contributed by atoms with Crippen LogP contribution in [0.5, 0.6) is 0 Å². The predicted octanol–water partition coefficient (Wildman–Crippen LogP) is 1.82. The highest BCUT2D eigenvalue weighted by atomic mass is 15.1. The van der Waals surface area contributed by atoms with Crippen molar-refractivity contribution in [1.29, 1.82) is 0 Å². The van der Waals surface area contributed by atoms with Crippen molar-refractivity contribution in [3.8, 4) is 0 Å². The van der Waals surface area contributed by atoms with Gasteiger partial charge in [0.1, 0.15) is 0 Å². The third-order valence-electron chi connectivity index (χ3n) is 3.33. The van der Waals surface area contributed by atoms with Crippen molar-refractivity contribution in [3.05, 3.63) is 35.9 Å². The average molecular weight is 249 g/mol. The molecule has 1 aromatic rings. The van der Waals surface area contributed by atoms with E-state index < -0.39 is 0 Å². The molecule has 3 nitrogen and oxygen atoms in total. The fraction of sp³-hybridized carbons (Fsp3) is 0.600. The molecular formula is C15H27N3. The number of hydrogen-bond donors (Lipinski definition) is 1.